The number of carboxylic acid groups (broad SMARTS) is 1. The van der Waals surface area contributed by atoms with E-state index in [0.29, 0.717) is 11.9 Å². The lowest BCUT2D eigenvalue weighted by Crippen LogP contribution is -2.42. The summed E-state index contributed by atoms with van der Waals surface area (Å²) in [6.45, 7) is 0.841. The van der Waals surface area contributed by atoms with Gasteiger partial charge in [-0.15, -0.1) is 11.8 Å². The Morgan fingerprint density at radius 1 is 1.30 bits per heavy atom. The van der Waals surface area contributed by atoms with Gasteiger partial charge in [0.2, 0.25) is 0 Å². The molecular weight excluding hydrogens is 318 g/mol. The second-order valence-corrected chi connectivity index (χ2v) is 6.38. The van der Waals surface area contributed by atoms with E-state index in [1.807, 2.05) is 30.3 Å². The zero-order valence-corrected chi connectivity index (χ0v) is 13.6. The summed E-state index contributed by atoms with van der Waals surface area (Å²) in [4.78, 5) is 22.8. The molecule has 1 saturated carbocycles. The largest absolute Gasteiger partial charge is 0.480 e. The van der Waals surface area contributed by atoms with Crippen LogP contribution in [0.25, 0.3) is 0 Å². The predicted molar refractivity (Wildman–Crippen MR) is 87.2 cm³/mol. The van der Waals surface area contributed by atoms with Crippen LogP contribution in [-0.4, -0.2) is 41.5 Å². The summed E-state index contributed by atoms with van der Waals surface area (Å²) >= 11 is 1.34. The van der Waals surface area contributed by atoms with Crippen molar-refractivity contribution in [3.05, 3.63) is 35.9 Å². The fourth-order valence-corrected chi connectivity index (χ4v) is 2.58. The molecule has 0 spiro atoms. The van der Waals surface area contributed by atoms with Crippen LogP contribution in [0.2, 0.25) is 0 Å². The lowest BCUT2D eigenvalue weighted by Gasteiger charge is -2.14. The highest BCUT2D eigenvalue weighted by molar-refractivity contribution is 7.99. The molecule has 1 aliphatic carbocycles. The number of hydrogen-bond acceptors (Lipinski definition) is 5. The van der Waals surface area contributed by atoms with Crippen molar-refractivity contribution in [2.75, 3.05) is 18.3 Å². The number of aliphatic carboxylic acids is 1. The van der Waals surface area contributed by atoms with Crippen LogP contribution in [0, 0.1) is 5.92 Å². The predicted octanol–water partition coefficient (Wildman–Crippen LogP) is 2.48. The molecule has 0 bridgehead atoms. The number of ether oxygens (including phenoxy) is 2. The molecule has 1 amide bonds. The molecule has 2 rings (SSSR count). The van der Waals surface area contributed by atoms with Crippen LogP contribution in [0.5, 0.6) is 0 Å². The number of hydrogen-bond donors (Lipinski definition) is 2. The molecule has 1 aromatic rings. The average Bonchev–Trinajstić information content (AvgIpc) is 3.36. The Morgan fingerprint density at radius 2 is 2.04 bits per heavy atom. The summed E-state index contributed by atoms with van der Waals surface area (Å²) < 4.78 is 10.4. The number of thioether (sulfide) groups is 1. The minimum Gasteiger partial charge on any atom is -0.480 e. The molecule has 0 aromatic heterocycles. The van der Waals surface area contributed by atoms with Crippen molar-refractivity contribution in [1.82, 2.24) is 5.32 Å². The van der Waals surface area contributed by atoms with E-state index in [1.54, 1.807) is 0 Å². The van der Waals surface area contributed by atoms with Gasteiger partial charge in [0.25, 0.3) is 0 Å². The van der Waals surface area contributed by atoms with Crippen molar-refractivity contribution in [3.8, 4) is 0 Å². The maximum absolute atomic E-state index is 11.7. The number of carbonyl (C=O) groups is 2. The highest BCUT2D eigenvalue weighted by atomic mass is 32.2. The topological polar surface area (TPSA) is 84.9 Å². The van der Waals surface area contributed by atoms with Gasteiger partial charge in [0.1, 0.15) is 12.6 Å². The molecule has 1 atom stereocenters. The third-order valence-electron chi connectivity index (χ3n) is 3.30. The van der Waals surface area contributed by atoms with Gasteiger partial charge in [-0.2, -0.15) is 0 Å². The van der Waals surface area contributed by atoms with Gasteiger partial charge >= 0.3 is 12.1 Å². The molecule has 0 aliphatic heterocycles. The van der Waals surface area contributed by atoms with Crippen molar-refractivity contribution >= 4 is 23.8 Å². The third-order valence-corrected chi connectivity index (χ3v) is 4.21. The number of carbonyl (C=O) groups excluding carboxylic acids is 1. The summed E-state index contributed by atoms with van der Waals surface area (Å²) in [5, 5.41) is 11.5. The summed E-state index contributed by atoms with van der Waals surface area (Å²) in [5.74, 6) is 0.259. The number of carboxylic acids is 1. The van der Waals surface area contributed by atoms with Crippen LogP contribution in [0.1, 0.15) is 18.4 Å². The zero-order valence-electron chi connectivity index (χ0n) is 12.8. The number of nitrogens with one attached hydrogen (secondary N) is 1. The standard InChI is InChI=1S/C16H21NO5S/c18-15(19)14(10-23-11-21-8-13-6-7-13)17-16(20)22-9-12-4-2-1-3-5-12/h1-5,13-14H,6-11H2,(H,17,20)(H,18,19). The molecule has 1 aromatic carbocycles. The Labute approximate surface area is 139 Å². The molecule has 0 heterocycles. The highest BCUT2D eigenvalue weighted by Gasteiger charge is 2.22. The lowest BCUT2D eigenvalue weighted by molar-refractivity contribution is -0.138. The van der Waals surface area contributed by atoms with Crippen molar-refractivity contribution in [2.45, 2.75) is 25.5 Å². The van der Waals surface area contributed by atoms with Gasteiger partial charge < -0.3 is 19.9 Å². The van der Waals surface area contributed by atoms with Crippen molar-refractivity contribution in [2.24, 2.45) is 5.92 Å². The van der Waals surface area contributed by atoms with Crippen LogP contribution in [0.15, 0.2) is 30.3 Å². The highest BCUT2D eigenvalue weighted by Crippen LogP contribution is 2.29. The quantitative estimate of drug-likeness (QED) is 0.503. The summed E-state index contributed by atoms with van der Waals surface area (Å²) in [6.07, 6.45) is 1.70. The van der Waals surface area contributed by atoms with Crippen LogP contribution in [0.3, 0.4) is 0 Å². The third kappa shape index (κ3) is 7.38. The van der Waals surface area contributed by atoms with E-state index in [9.17, 15) is 9.59 Å². The van der Waals surface area contributed by atoms with Gasteiger partial charge in [-0.3, -0.25) is 0 Å². The van der Waals surface area contributed by atoms with Crippen molar-refractivity contribution in [1.29, 1.82) is 0 Å². The molecular formula is C16H21NO5S. The molecule has 1 fully saturated rings. The molecule has 6 nitrogen and oxygen atoms in total. The van der Waals surface area contributed by atoms with E-state index >= 15 is 0 Å². The summed E-state index contributed by atoms with van der Waals surface area (Å²) in [7, 11) is 0. The lowest BCUT2D eigenvalue weighted by atomic mass is 10.2. The number of amides is 1. The molecule has 0 saturated heterocycles. The number of benzene rings is 1. The minimum absolute atomic E-state index is 0.108. The first-order valence-corrected chi connectivity index (χ1v) is 8.66. The van der Waals surface area contributed by atoms with Gasteiger partial charge in [-0.05, 0) is 24.3 Å². The Balaban J connectivity index is 1.63. The minimum atomic E-state index is -1.09. The van der Waals surface area contributed by atoms with E-state index in [2.05, 4.69) is 5.32 Å². The van der Waals surface area contributed by atoms with Crippen molar-refractivity contribution < 1.29 is 24.2 Å². The van der Waals surface area contributed by atoms with E-state index in [4.69, 9.17) is 14.6 Å². The molecule has 23 heavy (non-hydrogen) atoms. The monoisotopic (exact) mass is 339 g/mol. The normalized spacial score (nSPS) is 15.0. The van der Waals surface area contributed by atoms with Gasteiger partial charge in [-0.25, -0.2) is 9.59 Å². The molecule has 7 heteroatoms. The molecule has 126 valence electrons. The van der Waals surface area contributed by atoms with Crippen LogP contribution in [0.4, 0.5) is 4.79 Å². The molecule has 1 aliphatic rings. The Hall–Kier alpha value is -1.73. The fourth-order valence-electron chi connectivity index (χ4n) is 1.81. The van der Waals surface area contributed by atoms with E-state index in [1.165, 1.54) is 24.6 Å². The summed E-state index contributed by atoms with van der Waals surface area (Å²) in [5.41, 5.74) is 0.845. The second-order valence-electron chi connectivity index (χ2n) is 5.40. The Kier molecular flexibility index (Phi) is 7.22. The molecule has 2 N–H and O–H groups in total. The van der Waals surface area contributed by atoms with Gasteiger partial charge in [0, 0.05) is 5.75 Å². The molecule has 1 unspecified atom stereocenters. The zero-order chi connectivity index (χ0) is 16.5. The number of alkyl carbamates (subject to hydrolysis) is 1. The van der Waals surface area contributed by atoms with Gasteiger partial charge in [0.05, 0.1) is 12.5 Å². The smallest absolute Gasteiger partial charge is 0.408 e. The van der Waals surface area contributed by atoms with Crippen LogP contribution < -0.4 is 5.32 Å². The van der Waals surface area contributed by atoms with Gasteiger partial charge in [-0.1, -0.05) is 30.3 Å². The first-order valence-electron chi connectivity index (χ1n) is 7.50. The Bertz CT molecular complexity index is 506. The van der Waals surface area contributed by atoms with Crippen LogP contribution >= 0.6 is 11.8 Å². The molecule has 0 radical (unpaired) electrons. The maximum atomic E-state index is 11.7. The van der Waals surface area contributed by atoms with E-state index < -0.39 is 18.1 Å². The summed E-state index contributed by atoms with van der Waals surface area (Å²) in [6, 6.07) is 8.22. The average molecular weight is 339 g/mol. The van der Waals surface area contributed by atoms with E-state index in [-0.39, 0.29) is 12.4 Å². The van der Waals surface area contributed by atoms with Gasteiger partial charge in [0.15, 0.2) is 0 Å². The van der Waals surface area contributed by atoms with E-state index in [0.717, 1.165) is 12.2 Å². The second kappa shape index (κ2) is 9.42. The Morgan fingerprint density at radius 3 is 2.70 bits per heavy atom. The van der Waals surface area contributed by atoms with Crippen LogP contribution in [-0.2, 0) is 20.9 Å². The SMILES string of the molecule is O=C(NC(CSCOCC1CC1)C(=O)O)OCc1ccccc1. The number of rotatable bonds is 10. The fraction of sp³-hybridized carbons (Fsp3) is 0.500. The first-order chi connectivity index (χ1) is 11.1. The maximum Gasteiger partial charge on any atom is 0.408 e. The first kappa shape index (κ1) is 17.6. The van der Waals surface area contributed by atoms with Crippen molar-refractivity contribution in [3.63, 3.8) is 0 Å².